The number of rotatable bonds is 2. The van der Waals surface area contributed by atoms with Gasteiger partial charge in [0.15, 0.2) is 0 Å². The fourth-order valence-electron chi connectivity index (χ4n) is 1.98. The molecule has 1 aromatic heterocycles. The Balaban J connectivity index is 2.38. The van der Waals surface area contributed by atoms with Gasteiger partial charge in [-0.05, 0) is 18.6 Å². The Kier molecular flexibility index (Phi) is 3.57. The molecule has 0 saturated carbocycles. The number of nitrogens with zero attached hydrogens (tertiary/aromatic N) is 3. The molecule has 5 heteroatoms. The number of ether oxygens (including phenoxy) is 1. The van der Waals surface area contributed by atoms with Crippen LogP contribution in [0.25, 0.3) is 0 Å². The molecule has 2 heterocycles. The lowest BCUT2D eigenvalue weighted by atomic mass is 10.1. The Bertz CT molecular complexity index is 442. The first-order valence-electron chi connectivity index (χ1n) is 5.59. The minimum atomic E-state index is -0.120. The number of hydrogen-bond donors (Lipinski definition) is 1. The second-order valence-corrected chi connectivity index (χ2v) is 4.04. The van der Waals surface area contributed by atoms with Gasteiger partial charge >= 0.3 is 0 Å². The van der Waals surface area contributed by atoms with Gasteiger partial charge in [-0.3, -0.25) is 0 Å². The van der Waals surface area contributed by atoms with E-state index >= 15 is 0 Å². The molecular weight excluding hydrogens is 218 g/mol. The van der Waals surface area contributed by atoms with Crippen LogP contribution in [0.3, 0.4) is 0 Å². The third-order valence-corrected chi connectivity index (χ3v) is 2.96. The van der Waals surface area contributed by atoms with E-state index in [1.807, 2.05) is 17.9 Å². The summed E-state index contributed by atoms with van der Waals surface area (Å²) in [6, 6.07) is 3.87. The number of aliphatic hydroxyl groups is 1. The number of anilines is 1. The van der Waals surface area contributed by atoms with Crippen LogP contribution < -0.4 is 4.90 Å². The highest BCUT2D eigenvalue weighted by Crippen LogP contribution is 2.23. The van der Waals surface area contributed by atoms with E-state index in [-0.39, 0.29) is 12.6 Å². The monoisotopic (exact) mass is 233 g/mol. The van der Waals surface area contributed by atoms with Gasteiger partial charge in [0.1, 0.15) is 11.9 Å². The van der Waals surface area contributed by atoms with E-state index in [1.165, 1.54) is 0 Å². The molecule has 0 amide bonds. The standard InChI is InChI=1S/C12H15N3O2/c1-9-2-3-14-12(11(9)6-13)15-4-5-17-8-10(15)7-16/h2-3,10,16H,4-5,7-8H2,1H3. The van der Waals surface area contributed by atoms with Gasteiger partial charge in [-0.15, -0.1) is 0 Å². The zero-order valence-electron chi connectivity index (χ0n) is 9.76. The number of hydrogen-bond acceptors (Lipinski definition) is 5. The molecule has 1 unspecified atom stereocenters. The Morgan fingerprint density at radius 1 is 1.71 bits per heavy atom. The van der Waals surface area contributed by atoms with Crippen molar-refractivity contribution in [1.82, 2.24) is 4.98 Å². The molecule has 1 atom stereocenters. The quantitative estimate of drug-likeness (QED) is 0.803. The summed E-state index contributed by atoms with van der Waals surface area (Å²) in [7, 11) is 0. The summed E-state index contributed by atoms with van der Waals surface area (Å²) in [5.74, 6) is 0.648. The molecule has 17 heavy (non-hydrogen) atoms. The van der Waals surface area contributed by atoms with E-state index in [2.05, 4.69) is 11.1 Å². The Morgan fingerprint density at radius 2 is 2.53 bits per heavy atom. The highest BCUT2D eigenvalue weighted by Gasteiger charge is 2.25. The van der Waals surface area contributed by atoms with Crippen LogP contribution >= 0.6 is 0 Å². The lowest BCUT2D eigenvalue weighted by molar-refractivity contribution is 0.0722. The molecule has 0 aromatic carbocycles. The molecule has 1 aliphatic rings. The smallest absolute Gasteiger partial charge is 0.147 e. The van der Waals surface area contributed by atoms with Gasteiger partial charge in [0, 0.05) is 12.7 Å². The van der Waals surface area contributed by atoms with Gasteiger partial charge in [-0.2, -0.15) is 5.26 Å². The van der Waals surface area contributed by atoms with E-state index in [9.17, 15) is 10.4 Å². The summed E-state index contributed by atoms with van der Waals surface area (Å²) < 4.78 is 5.32. The molecular formula is C12H15N3O2. The third kappa shape index (κ3) is 2.23. The molecule has 5 nitrogen and oxygen atoms in total. The highest BCUT2D eigenvalue weighted by atomic mass is 16.5. The average Bonchev–Trinajstić information content (AvgIpc) is 2.38. The third-order valence-electron chi connectivity index (χ3n) is 2.96. The molecule has 1 aliphatic heterocycles. The van der Waals surface area contributed by atoms with Crippen molar-refractivity contribution in [3.63, 3.8) is 0 Å². The maximum Gasteiger partial charge on any atom is 0.147 e. The highest BCUT2D eigenvalue weighted by molar-refractivity contribution is 5.58. The van der Waals surface area contributed by atoms with Crippen LogP contribution in [0.1, 0.15) is 11.1 Å². The van der Waals surface area contributed by atoms with Crippen LogP contribution in [0.2, 0.25) is 0 Å². The normalized spacial score (nSPS) is 20.1. The van der Waals surface area contributed by atoms with Crippen LogP contribution in [0.15, 0.2) is 12.3 Å². The number of nitriles is 1. The number of aryl methyl sites for hydroxylation is 1. The zero-order chi connectivity index (χ0) is 12.3. The maximum absolute atomic E-state index is 9.32. The van der Waals surface area contributed by atoms with Crippen molar-refractivity contribution in [3.8, 4) is 6.07 Å². The molecule has 0 spiro atoms. The van der Waals surface area contributed by atoms with Crippen molar-refractivity contribution in [2.24, 2.45) is 0 Å². The first-order chi connectivity index (χ1) is 8.27. The van der Waals surface area contributed by atoms with Crippen LogP contribution in [-0.4, -0.2) is 42.5 Å². The molecule has 1 aromatic rings. The molecule has 1 fully saturated rings. The second-order valence-electron chi connectivity index (χ2n) is 4.04. The summed E-state index contributed by atoms with van der Waals surface area (Å²) in [6.07, 6.45) is 1.69. The summed E-state index contributed by atoms with van der Waals surface area (Å²) in [6.45, 7) is 3.60. The zero-order valence-corrected chi connectivity index (χ0v) is 9.76. The first kappa shape index (κ1) is 11.8. The first-order valence-corrected chi connectivity index (χ1v) is 5.59. The number of aliphatic hydroxyl groups excluding tert-OH is 1. The molecule has 1 saturated heterocycles. The van der Waals surface area contributed by atoms with Crippen LogP contribution in [0.4, 0.5) is 5.82 Å². The van der Waals surface area contributed by atoms with Crippen molar-refractivity contribution >= 4 is 5.82 Å². The molecule has 2 rings (SSSR count). The maximum atomic E-state index is 9.32. The van der Waals surface area contributed by atoms with E-state index in [0.717, 1.165) is 5.56 Å². The fourth-order valence-corrected chi connectivity index (χ4v) is 1.98. The Morgan fingerprint density at radius 3 is 3.24 bits per heavy atom. The van der Waals surface area contributed by atoms with Crippen molar-refractivity contribution in [2.45, 2.75) is 13.0 Å². The number of aromatic nitrogens is 1. The molecule has 1 N–H and O–H groups in total. The van der Waals surface area contributed by atoms with E-state index < -0.39 is 0 Å². The lowest BCUT2D eigenvalue weighted by Crippen LogP contribution is -2.48. The summed E-state index contributed by atoms with van der Waals surface area (Å²) in [5.41, 5.74) is 1.48. The van der Waals surface area contributed by atoms with Gasteiger partial charge < -0.3 is 14.7 Å². The molecule has 0 radical (unpaired) electrons. The molecule has 90 valence electrons. The summed E-state index contributed by atoms with van der Waals surface area (Å²) in [4.78, 5) is 6.22. The molecule has 0 bridgehead atoms. The van der Waals surface area contributed by atoms with Crippen molar-refractivity contribution in [3.05, 3.63) is 23.4 Å². The SMILES string of the molecule is Cc1ccnc(N2CCOCC2CO)c1C#N. The van der Waals surface area contributed by atoms with Crippen LogP contribution in [0, 0.1) is 18.3 Å². The van der Waals surface area contributed by atoms with E-state index in [0.29, 0.717) is 31.1 Å². The predicted molar refractivity (Wildman–Crippen MR) is 62.7 cm³/mol. The van der Waals surface area contributed by atoms with Crippen molar-refractivity contribution in [1.29, 1.82) is 5.26 Å². The summed E-state index contributed by atoms with van der Waals surface area (Å²) >= 11 is 0. The second kappa shape index (κ2) is 5.13. The minimum absolute atomic E-state index is 0.000487. The number of morpholine rings is 1. The van der Waals surface area contributed by atoms with Crippen LogP contribution in [-0.2, 0) is 4.74 Å². The van der Waals surface area contributed by atoms with Gasteiger partial charge in [0.05, 0.1) is 31.4 Å². The van der Waals surface area contributed by atoms with Crippen molar-refractivity contribution in [2.75, 3.05) is 31.3 Å². The topological polar surface area (TPSA) is 69.4 Å². The lowest BCUT2D eigenvalue weighted by Gasteiger charge is -2.35. The Hall–Kier alpha value is -1.64. The predicted octanol–water partition coefficient (Wildman–Crippen LogP) is 0.459. The van der Waals surface area contributed by atoms with Gasteiger partial charge in [-0.25, -0.2) is 4.98 Å². The van der Waals surface area contributed by atoms with Gasteiger partial charge in [0.2, 0.25) is 0 Å². The Labute approximate surface area is 100 Å². The van der Waals surface area contributed by atoms with E-state index in [1.54, 1.807) is 6.20 Å². The van der Waals surface area contributed by atoms with E-state index in [4.69, 9.17) is 4.74 Å². The largest absolute Gasteiger partial charge is 0.394 e. The average molecular weight is 233 g/mol. The number of pyridine rings is 1. The fraction of sp³-hybridized carbons (Fsp3) is 0.500. The summed E-state index contributed by atoms with van der Waals surface area (Å²) in [5, 5.41) is 18.5. The van der Waals surface area contributed by atoms with Crippen molar-refractivity contribution < 1.29 is 9.84 Å². The van der Waals surface area contributed by atoms with Gasteiger partial charge in [-0.1, -0.05) is 0 Å². The van der Waals surface area contributed by atoms with Crippen LogP contribution in [0.5, 0.6) is 0 Å². The molecule has 0 aliphatic carbocycles. The van der Waals surface area contributed by atoms with Gasteiger partial charge in [0.25, 0.3) is 0 Å². The minimum Gasteiger partial charge on any atom is -0.394 e.